The van der Waals surface area contributed by atoms with Crippen LogP contribution >= 0.6 is 0 Å². The van der Waals surface area contributed by atoms with E-state index < -0.39 is 0 Å². The molecule has 3 nitrogen and oxygen atoms in total. The van der Waals surface area contributed by atoms with Crippen LogP contribution in [0, 0.1) is 34.5 Å². The van der Waals surface area contributed by atoms with Crippen molar-refractivity contribution in [3.8, 4) is 0 Å². The zero-order valence-corrected chi connectivity index (χ0v) is 16.7. The standard InChI is InChI=1S/C23H35NO2/c1-4-14-13-18-22(2,12-10-20(25)24-18)17-9-11-23(3)16(21(14)17)7-8-19(23)26-15-5-6-15/h13-17,19,21H,4-12H2,1-3H3,(H,24,25)/t14-,16-,17-,19-,21-,22+,23-/m0/s1. The fourth-order valence-corrected chi connectivity index (χ4v) is 7.34. The molecule has 144 valence electrons. The molecule has 3 saturated carbocycles. The van der Waals surface area contributed by atoms with Gasteiger partial charge in [-0.25, -0.2) is 0 Å². The van der Waals surface area contributed by atoms with Crippen LogP contribution in [0.2, 0.25) is 0 Å². The summed E-state index contributed by atoms with van der Waals surface area (Å²) < 4.78 is 6.52. The number of carbonyl (C=O) groups is 1. The minimum Gasteiger partial charge on any atom is -0.374 e. The lowest BCUT2D eigenvalue weighted by atomic mass is 9.47. The maximum Gasteiger partial charge on any atom is 0.224 e. The number of allylic oxidation sites excluding steroid dienone is 2. The average molecular weight is 358 g/mol. The van der Waals surface area contributed by atoms with E-state index in [0.29, 0.717) is 30.0 Å². The number of hydrogen-bond donors (Lipinski definition) is 1. The van der Waals surface area contributed by atoms with Gasteiger partial charge in [-0.1, -0.05) is 26.8 Å². The second kappa shape index (κ2) is 5.83. The van der Waals surface area contributed by atoms with Crippen LogP contribution in [-0.4, -0.2) is 18.1 Å². The number of ether oxygens (including phenoxy) is 1. The highest BCUT2D eigenvalue weighted by molar-refractivity contribution is 5.79. The molecular formula is C23H35NO2. The third-order valence-corrected chi connectivity index (χ3v) is 9.05. The Morgan fingerprint density at radius 1 is 1.12 bits per heavy atom. The molecule has 0 unspecified atom stereocenters. The molecule has 0 aromatic rings. The van der Waals surface area contributed by atoms with Crippen molar-refractivity contribution in [3.63, 3.8) is 0 Å². The van der Waals surface area contributed by atoms with E-state index in [1.54, 1.807) is 0 Å². The third kappa shape index (κ3) is 2.38. The lowest BCUT2D eigenvalue weighted by Crippen LogP contribution is -2.56. The maximum atomic E-state index is 12.0. The van der Waals surface area contributed by atoms with Gasteiger partial charge in [0.05, 0.1) is 12.2 Å². The quantitative estimate of drug-likeness (QED) is 0.786. The molecule has 4 fully saturated rings. The summed E-state index contributed by atoms with van der Waals surface area (Å²) in [6.07, 6.45) is 14.2. The van der Waals surface area contributed by atoms with Crippen LogP contribution in [-0.2, 0) is 9.53 Å². The Labute approximate surface area is 158 Å². The van der Waals surface area contributed by atoms with Gasteiger partial charge in [0.15, 0.2) is 0 Å². The molecule has 3 heteroatoms. The molecule has 1 saturated heterocycles. The third-order valence-electron chi connectivity index (χ3n) is 9.05. The number of hydrogen-bond acceptors (Lipinski definition) is 2. The summed E-state index contributed by atoms with van der Waals surface area (Å²) in [4.78, 5) is 12.0. The number of nitrogens with one attached hydrogen (secondary N) is 1. The highest BCUT2D eigenvalue weighted by Crippen LogP contribution is 2.66. The van der Waals surface area contributed by atoms with Crippen LogP contribution in [0.4, 0.5) is 0 Å². The molecule has 0 radical (unpaired) electrons. The van der Waals surface area contributed by atoms with Crippen molar-refractivity contribution >= 4 is 5.91 Å². The number of piperidine rings is 1. The number of amides is 1. The zero-order chi connectivity index (χ0) is 18.1. The highest BCUT2D eigenvalue weighted by Gasteiger charge is 2.61. The summed E-state index contributed by atoms with van der Waals surface area (Å²) in [5, 5.41) is 3.27. The monoisotopic (exact) mass is 357 g/mol. The largest absolute Gasteiger partial charge is 0.374 e. The topological polar surface area (TPSA) is 38.3 Å². The molecule has 1 amide bonds. The van der Waals surface area contributed by atoms with Crippen molar-refractivity contribution in [3.05, 3.63) is 11.8 Å². The van der Waals surface area contributed by atoms with Gasteiger partial charge in [0, 0.05) is 17.5 Å². The fraction of sp³-hybridized carbons (Fsp3) is 0.870. The van der Waals surface area contributed by atoms with E-state index in [9.17, 15) is 4.79 Å². The van der Waals surface area contributed by atoms with Crippen molar-refractivity contribution in [2.24, 2.45) is 34.5 Å². The molecule has 7 atom stereocenters. The van der Waals surface area contributed by atoms with Gasteiger partial charge in [-0.05, 0) is 80.5 Å². The molecule has 1 heterocycles. The van der Waals surface area contributed by atoms with Crippen LogP contribution in [0.5, 0.6) is 0 Å². The Hall–Kier alpha value is -0.830. The molecule has 0 aromatic heterocycles. The van der Waals surface area contributed by atoms with E-state index in [1.807, 2.05) is 0 Å². The molecular weight excluding hydrogens is 322 g/mol. The van der Waals surface area contributed by atoms with Gasteiger partial charge in [0.25, 0.3) is 0 Å². The minimum absolute atomic E-state index is 0.182. The van der Waals surface area contributed by atoms with E-state index >= 15 is 0 Å². The van der Waals surface area contributed by atoms with Crippen molar-refractivity contribution in [1.82, 2.24) is 5.32 Å². The average Bonchev–Trinajstić information content (AvgIpc) is 3.37. The first-order valence-corrected chi connectivity index (χ1v) is 11.1. The van der Waals surface area contributed by atoms with E-state index in [-0.39, 0.29) is 11.3 Å². The number of fused-ring (bicyclic) bond motifs is 5. The lowest BCUT2D eigenvalue weighted by molar-refractivity contribution is -0.128. The van der Waals surface area contributed by atoms with Gasteiger partial charge in [-0.3, -0.25) is 4.79 Å². The zero-order valence-electron chi connectivity index (χ0n) is 16.7. The van der Waals surface area contributed by atoms with Gasteiger partial charge in [-0.15, -0.1) is 0 Å². The smallest absolute Gasteiger partial charge is 0.224 e. The molecule has 5 rings (SSSR count). The van der Waals surface area contributed by atoms with Crippen LogP contribution in [0.15, 0.2) is 11.8 Å². The molecule has 1 aliphatic heterocycles. The molecule has 5 aliphatic rings. The fourth-order valence-electron chi connectivity index (χ4n) is 7.34. The van der Waals surface area contributed by atoms with Crippen molar-refractivity contribution in [2.75, 3.05) is 0 Å². The lowest BCUT2D eigenvalue weighted by Gasteiger charge is -2.59. The molecule has 4 aliphatic carbocycles. The van der Waals surface area contributed by atoms with Gasteiger partial charge in [-0.2, -0.15) is 0 Å². The second-order valence-electron chi connectivity index (χ2n) is 10.4. The first-order chi connectivity index (χ1) is 12.5. The van der Waals surface area contributed by atoms with Crippen LogP contribution < -0.4 is 5.32 Å². The maximum absolute atomic E-state index is 12.0. The molecule has 1 N–H and O–H groups in total. The molecule has 26 heavy (non-hydrogen) atoms. The first-order valence-electron chi connectivity index (χ1n) is 11.1. The van der Waals surface area contributed by atoms with Crippen LogP contribution in [0.3, 0.4) is 0 Å². The Kier molecular flexibility index (Phi) is 3.88. The summed E-state index contributed by atoms with van der Waals surface area (Å²) in [6, 6.07) is 0. The Morgan fingerprint density at radius 2 is 1.92 bits per heavy atom. The van der Waals surface area contributed by atoms with E-state index in [0.717, 1.165) is 24.2 Å². The van der Waals surface area contributed by atoms with E-state index in [2.05, 4.69) is 32.2 Å². The normalized spacial score (nSPS) is 50.3. The molecule has 0 aromatic carbocycles. The number of rotatable bonds is 3. The Bertz CT molecular complexity index is 638. The number of carbonyl (C=O) groups excluding carboxylic acids is 1. The molecule has 0 spiro atoms. The summed E-state index contributed by atoms with van der Waals surface area (Å²) in [5.74, 6) is 3.13. The predicted molar refractivity (Wildman–Crippen MR) is 102 cm³/mol. The summed E-state index contributed by atoms with van der Waals surface area (Å²) >= 11 is 0. The SMILES string of the molecule is CC[C@H]1C=C2NC(=O)CC[C@]2(C)[C@H]2CC[C@]3(C)[C@@H](OC4CC4)CC[C@H]3[C@H]12. The first kappa shape index (κ1) is 17.3. The highest BCUT2D eigenvalue weighted by atomic mass is 16.5. The predicted octanol–water partition coefficient (Wildman–Crippen LogP) is 4.82. The molecule has 0 bridgehead atoms. The van der Waals surface area contributed by atoms with E-state index in [4.69, 9.17) is 4.74 Å². The minimum atomic E-state index is 0.182. The van der Waals surface area contributed by atoms with Crippen molar-refractivity contribution < 1.29 is 9.53 Å². The second-order valence-corrected chi connectivity index (χ2v) is 10.4. The summed E-state index contributed by atoms with van der Waals surface area (Å²) in [7, 11) is 0. The van der Waals surface area contributed by atoms with E-state index in [1.165, 1.54) is 50.6 Å². The van der Waals surface area contributed by atoms with Gasteiger partial charge < -0.3 is 10.1 Å². The summed E-state index contributed by atoms with van der Waals surface area (Å²) in [6.45, 7) is 7.33. The Morgan fingerprint density at radius 3 is 2.65 bits per heavy atom. The van der Waals surface area contributed by atoms with Crippen molar-refractivity contribution in [1.29, 1.82) is 0 Å². The van der Waals surface area contributed by atoms with Gasteiger partial charge in [0.2, 0.25) is 5.91 Å². The van der Waals surface area contributed by atoms with Crippen LogP contribution in [0.25, 0.3) is 0 Å². The van der Waals surface area contributed by atoms with Crippen LogP contribution in [0.1, 0.15) is 78.6 Å². The van der Waals surface area contributed by atoms with Gasteiger partial charge in [0.1, 0.15) is 0 Å². The van der Waals surface area contributed by atoms with Crippen molar-refractivity contribution in [2.45, 2.75) is 90.8 Å². The summed E-state index contributed by atoms with van der Waals surface area (Å²) in [5.41, 5.74) is 1.81. The van der Waals surface area contributed by atoms with Gasteiger partial charge >= 0.3 is 0 Å². The Balaban J connectivity index is 1.49.